The van der Waals surface area contributed by atoms with Gasteiger partial charge in [-0.1, -0.05) is 6.07 Å². The first-order chi connectivity index (χ1) is 7.06. The first-order valence-electron chi connectivity index (χ1n) is 4.61. The summed E-state index contributed by atoms with van der Waals surface area (Å²) in [5.41, 5.74) is 5.48. The Morgan fingerprint density at radius 3 is 2.53 bits per heavy atom. The molecule has 0 aromatic heterocycles. The summed E-state index contributed by atoms with van der Waals surface area (Å²) in [6, 6.07) is 3.42. The van der Waals surface area contributed by atoms with Gasteiger partial charge in [-0.05, 0) is 30.7 Å². The first-order valence-corrected chi connectivity index (χ1v) is 4.61. The minimum atomic E-state index is -1.17. The molecule has 0 heterocycles. The van der Waals surface area contributed by atoms with E-state index in [2.05, 4.69) is 0 Å². The highest BCUT2D eigenvalue weighted by Gasteiger charge is 2.18. The molecule has 0 fully saturated rings. The van der Waals surface area contributed by atoms with Gasteiger partial charge >= 0.3 is 0 Å². The van der Waals surface area contributed by atoms with Crippen molar-refractivity contribution in [1.82, 2.24) is 0 Å². The molecule has 0 radical (unpaired) electrons. The Labute approximate surface area is 86.8 Å². The highest BCUT2D eigenvalue weighted by atomic mass is 19.1. The van der Waals surface area contributed by atoms with E-state index in [1.165, 1.54) is 6.07 Å². The number of phenols is 1. The maximum atomic E-state index is 12.7. The summed E-state index contributed by atoms with van der Waals surface area (Å²) in [6.45, 7) is 0.241. The molecule has 4 nitrogen and oxygen atoms in total. The van der Waals surface area contributed by atoms with Crippen LogP contribution in [0.3, 0.4) is 0 Å². The fourth-order valence-corrected chi connectivity index (χ4v) is 1.26. The van der Waals surface area contributed by atoms with E-state index in [0.717, 1.165) is 12.1 Å². The third kappa shape index (κ3) is 2.89. The molecule has 0 aliphatic carbocycles. The standard InChI is InChI=1S/C10H14FNO3/c11-7-2-1-6(5-9(7)14)10(15)8(13)3-4-12/h1-2,5,8,10,13-15H,3-4,12H2. The number of hydrogen-bond donors (Lipinski definition) is 4. The lowest BCUT2D eigenvalue weighted by Gasteiger charge is -2.17. The van der Waals surface area contributed by atoms with Crippen molar-refractivity contribution in [2.24, 2.45) is 5.73 Å². The molecule has 0 aliphatic rings. The SMILES string of the molecule is NCCC(O)C(O)c1ccc(F)c(O)c1. The number of halogens is 1. The van der Waals surface area contributed by atoms with Crippen LogP contribution in [0.2, 0.25) is 0 Å². The van der Waals surface area contributed by atoms with E-state index >= 15 is 0 Å². The molecule has 0 saturated carbocycles. The Bertz CT molecular complexity index is 332. The van der Waals surface area contributed by atoms with Crippen LogP contribution in [0.15, 0.2) is 18.2 Å². The normalized spacial score (nSPS) is 14.9. The smallest absolute Gasteiger partial charge is 0.164 e. The van der Waals surface area contributed by atoms with Crippen LogP contribution in [0.4, 0.5) is 4.39 Å². The van der Waals surface area contributed by atoms with Gasteiger partial charge in [-0.15, -0.1) is 0 Å². The van der Waals surface area contributed by atoms with Crippen LogP contribution in [-0.4, -0.2) is 28.0 Å². The van der Waals surface area contributed by atoms with E-state index in [4.69, 9.17) is 10.8 Å². The van der Waals surface area contributed by atoms with Crippen LogP contribution in [0.5, 0.6) is 5.75 Å². The monoisotopic (exact) mass is 215 g/mol. The van der Waals surface area contributed by atoms with Crippen molar-refractivity contribution in [3.8, 4) is 5.75 Å². The van der Waals surface area contributed by atoms with E-state index in [1.807, 2.05) is 0 Å². The molecule has 5 heteroatoms. The van der Waals surface area contributed by atoms with Crippen LogP contribution >= 0.6 is 0 Å². The Morgan fingerprint density at radius 1 is 1.33 bits per heavy atom. The minimum absolute atomic E-state index is 0.235. The van der Waals surface area contributed by atoms with E-state index in [-0.39, 0.29) is 18.5 Å². The lowest BCUT2D eigenvalue weighted by Crippen LogP contribution is -2.21. The zero-order valence-corrected chi connectivity index (χ0v) is 8.10. The van der Waals surface area contributed by atoms with Gasteiger partial charge in [0, 0.05) is 0 Å². The molecule has 0 aliphatic heterocycles. The van der Waals surface area contributed by atoms with E-state index in [1.54, 1.807) is 0 Å². The molecule has 0 amide bonds. The lowest BCUT2D eigenvalue weighted by atomic mass is 10.0. The van der Waals surface area contributed by atoms with Crippen LogP contribution in [0.1, 0.15) is 18.1 Å². The van der Waals surface area contributed by atoms with Gasteiger partial charge in [-0.2, -0.15) is 0 Å². The van der Waals surface area contributed by atoms with Crippen LogP contribution < -0.4 is 5.73 Å². The molecule has 0 bridgehead atoms. The fourth-order valence-electron chi connectivity index (χ4n) is 1.26. The van der Waals surface area contributed by atoms with Crippen molar-refractivity contribution >= 4 is 0 Å². The Balaban J connectivity index is 2.81. The highest BCUT2D eigenvalue weighted by Crippen LogP contribution is 2.24. The van der Waals surface area contributed by atoms with Gasteiger partial charge in [0.05, 0.1) is 6.10 Å². The van der Waals surface area contributed by atoms with Gasteiger partial charge in [0.2, 0.25) is 0 Å². The number of hydrogen-bond acceptors (Lipinski definition) is 4. The second-order valence-corrected chi connectivity index (χ2v) is 3.30. The summed E-state index contributed by atoms with van der Waals surface area (Å²) < 4.78 is 12.7. The molecule has 5 N–H and O–H groups in total. The van der Waals surface area contributed by atoms with Gasteiger partial charge in [0.15, 0.2) is 11.6 Å². The number of aliphatic hydroxyl groups is 2. The highest BCUT2D eigenvalue weighted by molar-refractivity contribution is 5.30. The first kappa shape index (κ1) is 11.9. The second kappa shape index (κ2) is 5.06. The molecule has 15 heavy (non-hydrogen) atoms. The molecule has 1 aromatic carbocycles. The average Bonchev–Trinajstić information content (AvgIpc) is 2.21. The maximum Gasteiger partial charge on any atom is 0.164 e. The fraction of sp³-hybridized carbons (Fsp3) is 0.400. The Hall–Kier alpha value is -1.17. The van der Waals surface area contributed by atoms with Gasteiger partial charge < -0.3 is 21.1 Å². The number of aliphatic hydroxyl groups excluding tert-OH is 2. The Kier molecular flexibility index (Phi) is 4.02. The summed E-state index contributed by atoms with van der Waals surface area (Å²) in [7, 11) is 0. The largest absolute Gasteiger partial charge is 0.505 e. The van der Waals surface area contributed by atoms with Crippen molar-refractivity contribution in [2.75, 3.05) is 6.54 Å². The molecule has 0 saturated heterocycles. The van der Waals surface area contributed by atoms with E-state index in [9.17, 15) is 14.6 Å². The zero-order chi connectivity index (χ0) is 11.4. The number of benzene rings is 1. The summed E-state index contributed by atoms with van der Waals surface area (Å²) in [5.74, 6) is -1.31. The predicted octanol–water partition coefficient (Wildman–Crippen LogP) is 0.274. The summed E-state index contributed by atoms with van der Waals surface area (Å²) in [4.78, 5) is 0. The molecular weight excluding hydrogens is 201 g/mol. The topological polar surface area (TPSA) is 86.7 Å². The second-order valence-electron chi connectivity index (χ2n) is 3.30. The van der Waals surface area contributed by atoms with Crippen LogP contribution in [0.25, 0.3) is 0 Å². The number of aromatic hydroxyl groups is 1. The van der Waals surface area contributed by atoms with Gasteiger partial charge in [0.1, 0.15) is 6.10 Å². The Morgan fingerprint density at radius 2 is 2.00 bits per heavy atom. The van der Waals surface area contributed by atoms with Gasteiger partial charge in [0.25, 0.3) is 0 Å². The van der Waals surface area contributed by atoms with Crippen molar-refractivity contribution in [1.29, 1.82) is 0 Å². The van der Waals surface area contributed by atoms with E-state index in [0.29, 0.717) is 0 Å². The van der Waals surface area contributed by atoms with Crippen molar-refractivity contribution < 1.29 is 19.7 Å². The molecular formula is C10H14FNO3. The molecule has 0 spiro atoms. The summed E-state index contributed by atoms with van der Waals surface area (Å²) in [6.07, 6.45) is -1.95. The number of rotatable bonds is 4. The van der Waals surface area contributed by atoms with Crippen molar-refractivity contribution in [3.63, 3.8) is 0 Å². The molecule has 2 atom stereocenters. The summed E-state index contributed by atoms with van der Waals surface area (Å²) in [5, 5.41) is 28.1. The molecule has 84 valence electrons. The zero-order valence-electron chi connectivity index (χ0n) is 8.10. The summed E-state index contributed by atoms with van der Waals surface area (Å²) >= 11 is 0. The molecule has 2 unspecified atom stereocenters. The number of phenolic OH excluding ortho intramolecular Hbond substituents is 1. The minimum Gasteiger partial charge on any atom is -0.505 e. The predicted molar refractivity (Wildman–Crippen MR) is 52.7 cm³/mol. The van der Waals surface area contributed by atoms with Gasteiger partial charge in [-0.25, -0.2) is 4.39 Å². The van der Waals surface area contributed by atoms with Gasteiger partial charge in [-0.3, -0.25) is 0 Å². The molecule has 1 rings (SSSR count). The quantitative estimate of drug-likeness (QED) is 0.581. The number of nitrogens with two attached hydrogens (primary N) is 1. The van der Waals surface area contributed by atoms with Crippen molar-refractivity contribution in [2.45, 2.75) is 18.6 Å². The molecule has 1 aromatic rings. The van der Waals surface area contributed by atoms with E-state index < -0.39 is 23.8 Å². The van der Waals surface area contributed by atoms with Crippen molar-refractivity contribution in [3.05, 3.63) is 29.6 Å². The van der Waals surface area contributed by atoms with Crippen LogP contribution in [0, 0.1) is 5.82 Å². The average molecular weight is 215 g/mol. The lowest BCUT2D eigenvalue weighted by molar-refractivity contribution is 0.0149. The third-order valence-corrected chi connectivity index (χ3v) is 2.14. The van der Waals surface area contributed by atoms with Crippen LogP contribution in [-0.2, 0) is 0 Å². The third-order valence-electron chi connectivity index (χ3n) is 2.14. The maximum absolute atomic E-state index is 12.7.